The second-order valence-corrected chi connectivity index (χ2v) is 21.8. The smallest absolute Gasteiger partial charge is 0.328 e. The Balaban J connectivity index is 1.14. The zero-order valence-corrected chi connectivity index (χ0v) is 48.6. The molecule has 0 bridgehead atoms. The second kappa shape index (κ2) is 36.8. The average molecular weight is 1080 g/mol. The van der Waals surface area contributed by atoms with Crippen molar-refractivity contribution in [1.82, 2.24) is 10.6 Å². The van der Waals surface area contributed by atoms with Gasteiger partial charge in [0.25, 0.3) is 11.8 Å². The summed E-state index contributed by atoms with van der Waals surface area (Å²) >= 11 is 0. The SMILES string of the molecule is CCCCCCCCCCCCOc1cc(COc2ccc(C#Cc3ccc(C=C4C(=O)NC(=O)NC4=O)c4cc5ccccc5cc34)cc2)cc(OCCCCCCCCCCCC)c1OCCCCCCCCCCCC. The number of amides is 4. The number of carbonyl (C=O) groups excluding carboxylic acids is 3. The highest BCUT2D eigenvalue weighted by Crippen LogP contribution is 2.40. The molecular weight excluding hydrogens is 981 g/mol. The molecule has 0 radical (unpaired) electrons. The van der Waals surface area contributed by atoms with Crippen molar-refractivity contribution in [3.63, 3.8) is 0 Å². The van der Waals surface area contributed by atoms with E-state index in [9.17, 15) is 14.4 Å². The molecular formula is C70H94N2O7. The number of nitrogens with one attached hydrogen (secondary N) is 2. The Labute approximate surface area is 474 Å². The summed E-state index contributed by atoms with van der Waals surface area (Å²) in [5.74, 6) is 8.17. The summed E-state index contributed by atoms with van der Waals surface area (Å²) in [4.78, 5) is 37.1. The topological polar surface area (TPSA) is 112 Å². The summed E-state index contributed by atoms with van der Waals surface area (Å²) in [5.41, 5.74) is 3.10. The zero-order valence-electron chi connectivity index (χ0n) is 48.6. The lowest BCUT2D eigenvalue weighted by Crippen LogP contribution is -2.51. The summed E-state index contributed by atoms with van der Waals surface area (Å²) in [6.07, 6.45) is 39.7. The van der Waals surface area contributed by atoms with Gasteiger partial charge in [0.1, 0.15) is 17.9 Å². The number of barbiturate groups is 1. The van der Waals surface area contributed by atoms with Crippen LogP contribution in [-0.2, 0) is 16.2 Å². The molecule has 9 heteroatoms. The molecule has 4 amide bonds. The van der Waals surface area contributed by atoms with Gasteiger partial charge >= 0.3 is 6.03 Å². The number of ether oxygens (including phenoxy) is 4. The maximum Gasteiger partial charge on any atom is 0.328 e. The minimum absolute atomic E-state index is 0.141. The first kappa shape index (κ1) is 61.9. The molecule has 2 N–H and O–H groups in total. The van der Waals surface area contributed by atoms with Crippen LogP contribution in [0.4, 0.5) is 4.79 Å². The number of hydrogen-bond donors (Lipinski definition) is 2. The van der Waals surface area contributed by atoms with Crippen LogP contribution in [0.15, 0.2) is 90.5 Å². The molecule has 1 aliphatic heterocycles. The van der Waals surface area contributed by atoms with E-state index in [1.807, 2.05) is 66.7 Å². The van der Waals surface area contributed by atoms with E-state index in [0.29, 0.717) is 32.0 Å². The van der Waals surface area contributed by atoms with Gasteiger partial charge in [-0.05, 0) is 113 Å². The normalized spacial score (nSPS) is 12.3. The molecule has 0 unspecified atom stereocenters. The van der Waals surface area contributed by atoms with Gasteiger partial charge in [0.05, 0.1) is 19.8 Å². The number of rotatable bonds is 40. The third kappa shape index (κ3) is 22.4. The maximum absolute atomic E-state index is 12.7. The maximum atomic E-state index is 12.7. The first-order chi connectivity index (χ1) is 38.9. The van der Waals surface area contributed by atoms with E-state index in [0.717, 1.165) is 99.8 Å². The van der Waals surface area contributed by atoms with E-state index in [2.05, 4.69) is 61.4 Å². The Morgan fingerprint density at radius 3 is 1.33 bits per heavy atom. The summed E-state index contributed by atoms with van der Waals surface area (Å²) in [6, 6.07) is 27.1. The van der Waals surface area contributed by atoms with Crippen molar-refractivity contribution < 1.29 is 33.3 Å². The predicted molar refractivity (Wildman–Crippen MR) is 326 cm³/mol. The number of hydrogen-bond acceptors (Lipinski definition) is 7. The van der Waals surface area contributed by atoms with E-state index < -0.39 is 17.8 Å². The molecule has 1 fully saturated rings. The van der Waals surface area contributed by atoms with Gasteiger partial charge < -0.3 is 18.9 Å². The molecule has 5 aromatic carbocycles. The van der Waals surface area contributed by atoms with Crippen LogP contribution >= 0.6 is 0 Å². The van der Waals surface area contributed by atoms with E-state index in [4.69, 9.17) is 18.9 Å². The summed E-state index contributed by atoms with van der Waals surface area (Å²) in [7, 11) is 0. The van der Waals surface area contributed by atoms with Crippen LogP contribution in [0.25, 0.3) is 27.6 Å². The standard InChI is InChI=1S/C70H94N2O7/c1-4-7-10-13-16-19-22-25-28-33-46-76-65-49-56(50-66(77-47-34-29-26-23-20-17-14-11-8-5-2)67(65)78-48-35-30-27-24-21-18-15-12-9-6-3)54-79-61-44-39-55(40-45-61)38-41-57-42-43-60(53-64-68(73)71-70(75)72-69(64)74)63-52-59-37-32-31-36-58(59)51-62(57)63/h31-32,36-37,39-40,42-45,49-53H,4-30,33-35,46-48,54H2,1-3H3,(H2,71,72,73,74,75). The molecule has 426 valence electrons. The fourth-order valence-corrected chi connectivity index (χ4v) is 10.4. The van der Waals surface area contributed by atoms with Crippen molar-refractivity contribution in [3.8, 4) is 34.8 Å². The minimum Gasteiger partial charge on any atom is -0.490 e. The number of carbonyl (C=O) groups is 3. The van der Waals surface area contributed by atoms with E-state index >= 15 is 0 Å². The van der Waals surface area contributed by atoms with E-state index in [-0.39, 0.29) is 5.57 Å². The zero-order chi connectivity index (χ0) is 55.5. The number of imide groups is 2. The van der Waals surface area contributed by atoms with Crippen LogP contribution in [0.5, 0.6) is 23.0 Å². The largest absolute Gasteiger partial charge is 0.490 e. The predicted octanol–water partition coefficient (Wildman–Crippen LogP) is 18.6. The molecule has 5 aromatic rings. The number of urea groups is 1. The Kier molecular flexibility index (Phi) is 28.9. The van der Waals surface area contributed by atoms with Crippen LogP contribution in [0.3, 0.4) is 0 Å². The Hall–Kier alpha value is -6.27. The molecule has 79 heavy (non-hydrogen) atoms. The number of benzene rings is 5. The Morgan fingerprint density at radius 1 is 0.430 bits per heavy atom. The first-order valence-electron chi connectivity index (χ1n) is 31.0. The quantitative estimate of drug-likeness (QED) is 0.0132. The van der Waals surface area contributed by atoms with Crippen LogP contribution in [0.1, 0.15) is 236 Å². The molecule has 0 saturated carbocycles. The molecule has 1 aliphatic rings. The lowest BCUT2D eigenvalue weighted by Gasteiger charge is -2.19. The van der Waals surface area contributed by atoms with E-state index in [1.165, 1.54) is 160 Å². The van der Waals surface area contributed by atoms with Gasteiger partial charge in [-0.3, -0.25) is 20.2 Å². The highest BCUT2D eigenvalue weighted by atomic mass is 16.5. The molecule has 1 saturated heterocycles. The van der Waals surface area contributed by atoms with Crippen molar-refractivity contribution in [1.29, 1.82) is 0 Å². The van der Waals surface area contributed by atoms with Gasteiger partial charge in [0.15, 0.2) is 11.5 Å². The lowest BCUT2D eigenvalue weighted by atomic mass is 9.94. The molecule has 0 aromatic heterocycles. The summed E-state index contributed by atoms with van der Waals surface area (Å²) < 4.78 is 26.5. The Morgan fingerprint density at radius 2 is 0.861 bits per heavy atom. The first-order valence-corrected chi connectivity index (χ1v) is 31.0. The van der Waals surface area contributed by atoms with Gasteiger partial charge in [-0.25, -0.2) is 4.79 Å². The monoisotopic (exact) mass is 1070 g/mol. The van der Waals surface area contributed by atoms with Gasteiger partial charge in [-0.2, -0.15) is 0 Å². The summed E-state index contributed by atoms with van der Waals surface area (Å²) in [6.45, 7) is 9.05. The van der Waals surface area contributed by atoms with Crippen LogP contribution in [-0.4, -0.2) is 37.7 Å². The van der Waals surface area contributed by atoms with Crippen LogP contribution < -0.4 is 29.6 Å². The number of unbranched alkanes of at least 4 members (excludes halogenated alkanes) is 27. The third-order valence-corrected chi connectivity index (χ3v) is 15.1. The van der Waals surface area contributed by atoms with Crippen molar-refractivity contribution in [3.05, 3.63) is 113 Å². The Bertz CT molecular complexity index is 2640. The van der Waals surface area contributed by atoms with Gasteiger partial charge in [0.2, 0.25) is 5.75 Å². The van der Waals surface area contributed by atoms with Gasteiger partial charge in [-0.1, -0.05) is 236 Å². The highest BCUT2D eigenvalue weighted by molar-refractivity contribution is 6.31. The highest BCUT2D eigenvalue weighted by Gasteiger charge is 2.28. The minimum atomic E-state index is -0.832. The average Bonchev–Trinajstić information content (AvgIpc) is 3.58. The van der Waals surface area contributed by atoms with Gasteiger partial charge in [-0.15, -0.1) is 0 Å². The molecule has 6 rings (SSSR count). The van der Waals surface area contributed by atoms with Crippen LogP contribution in [0, 0.1) is 11.8 Å². The summed E-state index contributed by atoms with van der Waals surface area (Å²) in [5, 5.41) is 8.08. The van der Waals surface area contributed by atoms with Crippen molar-refractivity contribution in [2.24, 2.45) is 0 Å². The number of fused-ring (bicyclic) bond motifs is 2. The fourth-order valence-electron chi connectivity index (χ4n) is 10.4. The molecule has 1 heterocycles. The van der Waals surface area contributed by atoms with Crippen molar-refractivity contribution in [2.75, 3.05) is 19.8 Å². The molecule has 0 aliphatic carbocycles. The molecule has 0 atom stereocenters. The van der Waals surface area contributed by atoms with E-state index in [1.54, 1.807) is 0 Å². The molecule has 0 spiro atoms. The third-order valence-electron chi connectivity index (χ3n) is 15.1. The fraction of sp³-hybridized carbons (Fsp3) is 0.529. The molecule has 9 nitrogen and oxygen atoms in total. The van der Waals surface area contributed by atoms with Crippen molar-refractivity contribution >= 4 is 45.5 Å². The van der Waals surface area contributed by atoms with Crippen LogP contribution in [0.2, 0.25) is 0 Å². The second-order valence-electron chi connectivity index (χ2n) is 21.8. The van der Waals surface area contributed by atoms with Crippen molar-refractivity contribution in [2.45, 2.75) is 220 Å². The van der Waals surface area contributed by atoms with Gasteiger partial charge in [0, 0.05) is 11.1 Å². The lowest BCUT2D eigenvalue weighted by molar-refractivity contribution is -0.123.